The van der Waals surface area contributed by atoms with E-state index in [4.69, 9.17) is 4.98 Å². The topological polar surface area (TPSA) is 54.9 Å². The molecule has 0 saturated carbocycles. The summed E-state index contributed by atoms with van der Waals surface area (Å²) in [5, 5.41) is 9.16. The summed E-state index contributed by atoms with van der Waals surface area (Å²) in [5.41, 5.74) is 2.83. The van der Waals surface area contributed by atoms with Crippen LogP contribution in [0.25, 0.3) is 43.4 Å². The molecule has 4 nitrogen and oxygen atoms in total. The van der Waals surface area contributed by atoms with Crippen molar-refractivity contribution in [3.63, 3.8) is 0 Å². The highest BCUT2D eigenvalue weighted by atomic mass is 16.1. The third-order valence-corrected chi connectivity index (χ3v) is 5.68. The van der Waals surface area contributed by atoms with E-state index < -0.39 is 0 Å². The zero-order valence-corrected chi connectivity index (χ0v) is 16.5. The molecule has 0 radical (unpaired) electrons. The van der Waals surface area contributed by atoms with Crippen molar-refractivity contribution in [1.82, 2.24) is 9.97 Å². The molecular formula is C27H17N3O. The van der Waals surface area contributed by atoms with Crippen molar-refractivity contribution in [3.8, 4) is 0 Å². The Morgan fingerprint density at radius 1 is 0.645 bits per heavy atom. The number of hydrogen-bond donors (Lipinski definition) is 1. The Bertz CT molecular complexity index is 1630. The predicted octanol–water partition coefficient (Wildman–Crippen LogP) is 6.34. The second kappa shape index (κ2) is 6.89. The monoisotopic (exact) mass is 399 g/mol. The van der Waals surface area contributed by atoms with Gasteiger partial charge >= 0.3 is 0 Å². The van der Waals surface area contributed by atoms with Gasteiger partial charge in [-0.2, -0.15) is 0 Å². The van der Waals surface area contributed by atoms with E-state index in [1.807, 2.05) is 66.7 Å². The maximum atomic E-state index is 13.1. The average molecular weight is 399 g/mol. The molecule has 0 bridgehead atoms. The van der Waals surface area contributed by atoms with Crippen LogP contribution in [0.2, 0.25) is 0 Å². The van der Waals surface area contributed by atoms with Gasteiger partial charge in [-0.25, -0.2) is 4.98 Å². The summed E-state index contributed by atoms with van der Waals surface area (Å²) in [4.78, 5) is 22.5. The third kappa shape index (κ3) is 2.89. The van der Waals surface area contributed by atoms with E-state index in [-0.39, 0.29) is 5.91 Å². The molecule has 0 fully saturated rings. The number of nitrogens with zero attached hydrogens (tertiary/aromatic N) is 2. The number of hydrogen-bond acceptors (Lipinski definition) is 3. The number of benzene rings is 4. The highest BCUT2D eigenvalue weighted by Crippen LogP contribution is 2.30. The fourth-order valence-corrected chi connectivity index (χ4v) is 4.18. The van der Waals surface area contributed by atoms with Crippen LogP contribution < -0.4 is 5.32 Å². The molecule has 4 heteroatoms. The van der Waals surface area contributed by atoms with Crippen molar-refractivity contribution in [1.29, 1.82) is 0 Å². The molecule has 1 N–H and O–H groups in total. The smallest absolute Gasteiger partial charge is 0.274 e. The lowest BCUT2D eigenvalue weighted by Gasteiger charge is -2.10. The van der Waals surface area contributed by atoms with E-state index in [2.05, 4.69) is 28.5 Å². The molecule has 0 spiro atoms. The molecule has 0 aliphatic heterocycles. The van der Waals surface area contributed by atoms with E-state index >= 15 is 0 Å². The molecule has 0 saturated heterocycles. The van der Waals surface area contributed by atoms with Crippen molar-refractivity contribution < 1.29 is 4.79 Å². The number of anilines is 1. The maximum absolute atomic E-state index is 13.1. The van der Waals surface area contributed by atoms with Gasteiger partial charge in [0, 0.05) is 33.4 Å². The van der Waals surface area contributed by atoms with E-state index in [0.29, 0.717) is 5.69 Å². The first kappa shape index (κ1) is 17.5. The van der Waals surface area contributed by atoms with Gasteiger partial charge in [0.2, 0.25) is 0 Å². The fraction of sp³-hybridized carbons (Fsp3) is 0. The quantitative estimate of drug-likeness (QED) is 0.346. The normalized spacial score (nSPS) is 11.4. The molecule has 6 aromatic rings. The molecule has 1 amide bonds. The van der Waals surface area contributed by atoms with Gasteiger partial charge in [0.15, 0.2) is 0 Å². The molecular weight excluding hydrogens is 382 g/mol. The second-order valence-corrected chi connectivity index (χ2v) is 7.55. The van der Waals surface area contributed by atoms with Crippen molar-refractivity contribution >= 4 is 54.9 Å². The first-order chi connectivity index (χ1) is 15.3. The number of aromatic nitrogens is 2. The molecule has 146 valence electrons. The van der Waals surface area contributed by atoms with Gasteiger partial charge in [0.1, 0.15) is 5.69 Å². The fourth-order valence-electron chi connectivity index (χ4n) is 4.18. The Morgan fingerprint density at radius 2 is 1.35 bits per heavy atom. The SMILES string of the molecule is O=C(Nc1cccc2ccccc12)c1ccc2ccc3ccc4cccnc4c3c2n1. The number of pyridine rings is 2. The van der Waals surface area contributed by atoms with Crippen molar-refractivity contribution in [3.05, 3.63) is 103 Å². The van der Waals surface area contributed by atoms with E-state index in [9.17, 15) is 4.79 Å². The number of amides is 1. The van der Waals surface area contributed by atoms with Crippen LogP contribution in [0.3, 0.4) is 0 Å². The number of fused-ring (bicyclic) bond motifs is 6. The highest BCUT2D eigenvalue weighted by Gasteiger charge is 2.13. The lowest BCUT2D eigenvalue weighted by molar-refractivity contribution is 0.102. The summed E-state index contributed by atoms with van der Waals surface area (Å²) >= 11 is 0. The van der Waals surface area contributed by atoms with Gasteiger partial charge in [-0.1, -0.05) is 72.8 Å². The van der Waals surface area contributed by atoms with Gasteiger partial charge in [0.05, 0.1) is 11.0 Å². The van der Waals surface area contributed by atoms with Crippen LogP contribution in [-0.4, -0.2) is 15.9 Å². The van der Waals surface area contributed by atoms with E-state index in [1.54, 1.807) is 12.3 Å². The molecule has 0 aliphatic rings. The summed E-state index contributed by atoms with van der Waals surface area (Å²) < 4.78 is 0. The Hall–Kier alpha value is -4.31. The molecule has 2 heterocycles. The molecule has 0 aliphatic carbocycles. The lowest BCUT2D eigenvalue weighted by atomic mass is 10.0. The summed E-state index contributed by atoms with van der Waals surface area (Å²) in [5.74, 6) is -0.233. The summed E-state index contributed by atoms with van der Waals surface area (Å²) in [7, 11) is 0. The predicted molar refractivity (Wildman–Crippen MR) is 126 cm³/mol. The van der Waals surface area contributed by atoms with Crippen molar-refractivity contribution in [2.24, 2.45) is 0 Å². The van der Waals surface area contributed by atoms with Gasteiger partial charge in [-0.15, -0.1) is 0 Å². The van der Waals surface area contributed by atoms with E-state index in [1.165, 1.54) is 0 Å². The van der Waals surface area contributed by atoms with Gasteiger partial charge in [0.25, 0.3) is 5.91 Å². The third-order valence-electron chi connectivity index (χ3n) is 5.68. The molecule has 0 unspecified atom stereocenters. The van der Waals surface area contributed by atoms with Crippen LogP contribution in [0, 0.1) is 0 Å². The minimum Gasteiger partial charge on any atom is -0.320 e. The van der Waals surface area contributed by atoms with Crippen LogP contribution in [0.5, 0.6) is 0 Å². The zero-order chi connectivity index (χ0) is 20.8. The Balaban J connectivity index is 1.50. The lowest BCUT2D eigenvalue weighted by Crippen LogP contribution is -2.14. The number of carbonyl (C=O) groups excluding carboxylic acids is 1. The standard InChI is InChI=1S/C27H17N3O/c31-27(30-22-9-3-6-17-5-1-2-8-21(17)22)23-15-14-20-13-11-18-10-12-19-7-4-16-28-25(19)24(18)26(20)29-23/h1-16H,(H,30,31). The molecule has 4 aromatic carbocycles. The Morgan fingerprint density at radius 3 is 2.26 bits per heavy atom. The molecule has 2 aromatic heterocycles. The Labute approximate surface area is 178 Å². The highest BCUT2D eigenvalue weighted by molar-refractivity contribution is 6.18. The van der Waals surface area contributed by atoms with Crippen LogP contribution in [0.15, 0.2) is 97.2 Å². The molecule has 31 heavy (non-hydrogen) atoms. The first-order valence-corrected chi connectivity index (χ1v) is 10.1. The first-order valence-electron chi connectivity index (χ1n) is 10.1. The van der Waals surface area contributed by atoms with Gasteiger partial charge in [-0.3, -0.25) is 9.78 Å². The van der Waals surface area contributed by atoms with Crippen LogP contribution in [-0.2, 0) is 0 Å². The van der Waals surface area contributed by atoms with E-state index in [0.717, 1.165) is 49.0 Å². The van der Waals surface area contributed by atoms with Crippen LogP contribution in [0.4, 0.5) is 5.69 Å². The minimum absolute atomic E-state index is 0.233. The average Bonchev–Trinajstić information content (AvgIpc) is 2.83. The largest absolute Gasteiger partial charge is 0.320 e. The number of carbonyl (C=O) groups is 1. The summed E-state index contributed by atoms with van der Waals surface area (Å²) in [6, 6.07) is 29.8. The maximum Gasteiger partial charge on any atom is 0.274 e. The number of rotatable bonds is 2. The van der Waals surface area contributed by atoms with Crippen LogP contribution in [0.1, 0.15) is 10.5 Å². The van der Waals surface area contributed by atoms with Crippen molar-refractivity contribution in [2.75, 3.05) is 5.32 Å². The summed E-state index contributed by atoms with van der Waals surface area (Å²) in [6.45, 7) is 0. The van der Waals surface area contributed by atoms with Crippen LogP contribution >= 0.6 is 0 Å². The minimum atomic E-state index is -0.233. The molecule has 0 atom stereocenters. The zero-order valence-electron chi connectivity index (χ0n) is 16.5. The second-order valence-electron chi connectivity index (χ2n) is 7.55. The number of nitrogens with one attached hydrogen (secondary N) is 1. The van der Waals surface area contributed by atoms with Gasteiger partial charge in [-0.05, 0) is 29.0 Å². The van der Waals surface area contributed by atoms with Crippen molar-refractivity contribution in [2.45, 2.75) is 0 Å². The Kier molecular flexibility index (Phi) is 3.90. The molecule has 6 rings (SSSR count). The summed E-state index contributed by atoms with van der Waals surface area (Å²) in [6.07, 6.45) is 1.79. The van der Waals surface area contributed by atoms with Gasteiger partial charge < -0.3 is 5.32 Å².